The van der Waals surface area contributed by atoms with Gasteiger partial charge in [-0.25, -0.2) is 37.3 Å². The number of hydrogen-bond donors (Lipinski definition) is 0. The zero-order valence-electron chi connectivity index (χ0n) is 43.8. The van der Waals surface area contributed by atoms with Crippen molar-refractivity contribution in [3.63, 3.8) is 0 Å². The Balaban J connectivity index is 0.000000720. The Kier molecular flexibility index (Phi) is 15.8. The molecule has 0 unspecified atom stereocenters. The molecular weight excluding hydrogens is 1030 g/mol. The molecule has 10 rings (SSSR count). The smallest absolute Gasteiger partial charge is 0.377 e. The molecule has 0 N–H and O–H groups in total. The maximum Gasteiger partial charge on any atom is 0.406 e. The number of anilines is 3. The summed E-state index contributed by atoms with van der Waals surface area (Å²) in [6.45, 7) is 13.6. The van der Waals surface area contributed by atoms with E-state index in [9.17, 15) is 0 Å². The van der Waals surface area contributed by atoms with Gasteiger partial charge in [0.1, 0.15) is 5.57 Å². The van der Waals surface area contributed by atoms with E-state index < -0.39 is 20.5 Å². The van der Waals surface area contributed by atoms with Gasteiger partial charge in [0.25, 0.3) is 0 Å². The number of aromatic nitrogens is 4. The number of rotatable bonds is 9. The van der Waals surface area contributed by atoms with Gasteiger partial charge in [0.05, 0.1) is 12.2 Å². The molecular formula is C58H57Cl2N7O10. The second-order valence-corrected chi connectivity index (χ2v) is 21.3. The van der Waals surface area contributed by atoms with Gasteiger partial charge in [-0.05, 0) is 68.6 Å². The molecule has 0 bridgehead atoms. The minimum atomic E-state index is -4.94. The first-order valence-corrected chi connectivity index (χ1v) is 26.6. The molecule has 0 saturated heterocycles. The summed E-state index contributed by atoms with van der Waals surface area (Å²) in [7, 11) is -3.51. The standard InChI is InChI=1S/C58H57N7O2.2ClHO4/c1-56(2)43-28-16-19-31-46(43)61(7)49(56)34-22-36-52-64(40-24-12-10-13-25-40)59-54(66-52)42(38-39-51-58(5,6)45-30-18-21-33-48(45)63(51)9)55-60-65(41-26-14-11-15-27-41)53(67-55)37-23-35-50-57(3,4)44-29-17-20-32-47(44)62(50)8;2*2-1(3,4)5/h10-39H,1-9H3;2*(H,2,3,4,5)/q+2;;/p-2. The number of likely N-dealkylation sites (N-methyl/N-ethyl adjacent to an activating group) is 3. The molecule has 398 valence electrons. The molecule has 5 heterocycles. The lowest BCUT2D eigenvalue weighted by Gasteiger charge is -2.23. The highest BCUT2D eigenvalue weighted by Crippen LogP contribution is 2.49. The Morgan fingerprint density at radius 2 is 0.727 bits per heavy atom. The number of benzene rings is 5. The monoisotopic (exact) mass is 1080 g/mol. The Morgan fingerprint density at radius 1 is 0.442 bits per heavy atom. The number of allylic oxidation sites excluding steroid dienone is 9. The Labute approximate surface area is 451 Å². The topological polar surface area (TPSA) is 254 Å². The average molecular weight is 1080 g/mol. The van der Waals surface area contributed by atoms with Crippen molar-refractivity contribution in [1.29, 1.82) is 0 Å². The van der Waals surface area contributed by atoms with Crippen LogP contribution in [-0.2, 0) is 16.2 Å². The van der Waals surface area contributed by atoms with Gasteiger partial charge in [0.2, 0.25) is 11.4 Å². The molecule has 0 radical (unpaired) electrons. The van der Waals surface area contributed by atoms with E-state index in [2.05, 4.69) is 181 Å². The molecule has 0 fully saturated rings. The van der Waals surface area contributed by atoms with Crippen molar-refractivity contribution >= 4 is 34.8 Å². The van der Waals surface area contributed by atoms with E-state index in [1.807, 2.05) is 88.3 Å². The lowest BCUT2D eigenvalue weighted by molar-refractivity contribution is -2.00. The Morgan fingerprint density at radius 3 is 1.04 bits per heavy atom. The van der Waals surface area contributed by atoms with E-state index in [0.29, 0.717) is 29.1 Å². The van der Waals surface area contributed by atoms with Gasteiger partial charge < -0.3 is 23.5 Å². The van der Waals surface area contributed by atoms with Gasteiger partial charge >= 0.3 is 23.6 Å². The van der Waals surface area contributed by atoms with Crippen molar-refractivity contribution < 1.29 is 76.0 Å². The molecule has 77 heavy (non-hydrogen) atoms. The average Bonchev–Trinajstić information content (AvgIpc) is 4.18. The second kappa shape index (κ2) is 21.8. The lowest BCUT2D eigenvalue weighted by atomic mass is 9.83. The molecule has 0 aliphatic carbocycles. The number of nitrogens with zero attached hydrogens (tertiary/aromatic N) is 7. The number of halogens is 2. The summed E-state index contributed by atoms with van der Waals surface area (Å²) < 4.78 is 85.4. The fraction of sp³-hybridized carbons (Fsp3) is 0.207. The zero-order valence-corrected chi connectivity index (χ0v) is 45.3. The highest BCUT2D eigenvalue weighted by molar-refractivity contribution is 5.75. The number of para-hydroxylation sites is 5. The summed E-state index contributed by atoms with van der Waals surface area (Å²) in [5.74, 6) is 1.77. The fourth-order valence-electron chi connectivity index (χ4n) is 10.3. The molecule has 5 aromatic carbocycles. The van der Waals surface area contributed by atoms with Crippen molar-refractivity contribution in [3.8, 4) is 11.4 Å². The van der Waals surface area contributed by atoms with Crippen LogP contribution < -0.4 is 61.3 Å². The molecule has 3 aliphatic heterocycles. The summed E-state index contributed by atoms with van der Waals surface area (Å²) in [5.41, 5.74) is 12.6. The zero-order chi connectivity index (χ0) is 55.7. The number of hydrogen-bond acceptors (Lipinski definition) is 15. The molecule has 7 aromatic rings. The molecule has 17 nitrogen and oxygen atoms in total. The van der Waals surface area contributed by atoms with E-state index in [-0.39, 0.29) is 16.2 Å². The molecule has 0 spiro atoms. The Hall–Kier alpha value is -7.52. The van der Waals surface area contributed by atoms with E-state index in [0.717, 1.165) is 17.1 Å². The van der Waals surface area contributed by atoms with E-state index in [1.54, 1.807) is 0 Å². The van der Waals surface area contributed by atoms with Crippen LogP contribution in [0.2, 0.25) is 0 Å². The van der Waals surface area contributed by atoms with E-state index in [4.69, 9.17) is 56.3 Å². The van der Waals surface area contributed by atoms with E-state index in [1.165, 1.54) is 45.1 Å². The van der Waals surface area contributed by atoms with Crippen molar-refractivity contribution in [2.24, 2.45) is 0 Å². The van der Waals surface area contributed by atoms with Gasteiger partial charge in [-0.15, -0.1) is 20.5 Å². The highest BCUT2D eigenvalue weighted by atomic mass is 35.7. The first-order chi connectivity index (χ1) is 36.3. The second-order valence-electron chi connectivity index (χ2n) is 19.8. The quantitative estimate of drug-likeness (QED) is 0.188. The summed E-state index contributed by atoms with van der Waals surface area (Å²) >= 11 is 0. The Bertz CT molecular complexity index is 3260. The fourth-order valence-corrected chi connectivity index (χ4v) is 10.3. The van der Waals surface area contributed by atoms with Gasteiger partial charge in [-0.2, -0.15) is 0 Å². The van der Waals surface area contributed by atoms with Crippen LogP contribution in [0.15, 0.2) is 196 Å². The summed E-state index contributed by atoms with van der Waals surface area (Å²) in [6, 6.07) is 45.9. The maximum atomic E-state index is 8.49. The van der Waals surface area contributed by atoms with Crippen molar-refractivity contribution in [3.05, 3.63) is 227 Å². The van der Waals surface area contributed by atoms with Crippen LogP contribution in [0.5, 0.6) is 0 Å². The van der Waals surface area contributed by atoms with Crippen LogP contribution in [0.1, 0.15) is 81.8 Å². The molecule has 0 atom stereocenters. The predicted molar refractivity (Wildman–Crippen MR) is 269 cm³/mol. The minimum absolute atomic E-state index is 0.183. The first kappa shape index (κ1) is 55.7. The van der Waals surface area contributed by atoms with Gasteiger partial charge in [0.15, 0.2) is 0 Å². The van der Waals surface area contributed by atoms with Crippen LogP contribution in [0.25, 0.3) is 29.1 Å². The third-order valence-corrected chi connectivity index (χ3v) is 13.9. The van der Waals surface area contributed by atoms with Crippen molar-refractivity contribution in [2.75, 3.05) is 35.8 Å². The van der Waals surface area contributed by atoms with Crippen molar-refractivity contribution in [1.82, 2.24) is 10.2 Å². The van der Waals surface area contributed by atoms with E-state index >= 15 is 0 Å². The lowest BCUT2D eigenvalue weighted by Crippen LogP contribution is -2.68. The summed E-state index contributed by atoms with van der Waals surface area (Å²) in [4.78, 5) is 6.79. The van der Waals surface area contributed by atoms with Crippen LogP contribution in [0.4, 0.5) is 17.1 Å². The maximum absolute atomic E-state index is 8.49. The third kappa shape index (κ3) is 12.1. The summed E-state index contributed by atoms with van der Waals surface area (Å²) in [5, 5.41) is 10.4. The SMILES string of the molecule is CN1C(=CC=C(c2n[n+](-c3ccccc3)c(/C=C/C=C3\N(C)c4ccccc4C3(C)C)o2)c2n[n+](-c3ccccc3)c(/C=C/C=C3/N(C)c4ccccc4C3(C)C)o2)C(C)(C)c2ccccc21.[O-][Cl+3]([O-])([O-])[O-].[O-][Cl+3]([O-])([O-])[O-]. The predicted octanol–water partition coefficient (Wildman–Crippen LogP) is 2.10. The molecule has 0 amide bonds. The van der Waals surface area contributed by atoms with Crippen LogP contribution >= 0.6 is 0 Å². The minimum Gasteiger partial charge on any atom is -0.377 e. The van der Waals surface area contributed by atoms with Crippen LogP contribution in [0, 0.1) is 20.5 Å². The van der Waals surface area contributed by atoms with Gasteiger partial charge in [-0.1, -0.05) is 145 Å². The first-order valence-electron chi connectivity index (χ1n) is 24.2. The van der Waals surface area contributed by atoms with Crippen LogP contribution in [0.3, 0.4) is 0 Å². The van der Waals surface area contributed by atoms with Gasteiger partial charge in [-0.3, -0.25) is 0 Å². The normalized spacial score (nSPS) is 18.0. The van der Waals surface area contributed by atoms with Gasteiger partial charge in [0, 0.05) is 106 Å². The summed E-state index contributed by atoms with van der Waals surface area (Å²) in [6.07, 6.45) is 16.6. The largest absolute Gasteiger partial charge is 0.406 e. The number of fused-ring (bicyclic) bond motifs is 3. The molecule has 19 heteroatoms. The van der Waals surface area contributed by atoms with Crippen LogP contribution in [-0.4, -0.2) is 31.3 Å². The highest BCUT2D eigenvalue weighted by Gasteiger charge is 2.41. The molecule has 2 aromatic heterocycles. The molecule has 3 aliphatic rings. The third-order valence-electron chi connectivity index (χ3n) is 13.9. The van der Waals surface area contributed by atoms with Crippen molar-refractivity contribution in [2.45, 2.75) is 57.8 Å². The molecule has 0 saturated carbocycles.